The SMILES string of the molecule is COC(=O)[C@H]1C2=CC=CC=C1C=C(c1ccccc1OC)C=C2. The van der Waals surface area contributed by atoms with Gasteiger partial charge in [0, 0.05) is 5.56 Å². The number of fused-ring (bicyclic) bond motifs is 2. The van der Waals surface area contributed by atoms with E-state index >= 15 is 0 Å². The number of hydrogen-bond acceptors (Lipinski definition) is 3. The number of methoxy groups -OCH3 is 2. The predicted molar refractivity (Wildman–Crippen MR) is 90.9 cm³/mol. The third-order valence-electron chi connectivity index (χ3n) is 3.99. The summed E-state index contributed by atoms with van der Waals surface area (Å²) in [7, 11) is 3.08. The minimum atomic E-state index is -0.404. The first-order valence-corrected chi connectivity index (χ1v) is 7.44. The van der Waals surface area contributed by atoms with Crippen molar-refractivity contribution < 1.29 is 14.3 Å². The van der Waals surface area contributed by atoms with Gasteiger partial charge in [-0.1, -0.05) is 54.7 Å². The van der Waals surface area contributed by atoms with E-state index in [0.29, 0.717) is 0 Å². The minimum Gasteiger partial charge on any atom is -0.496 e. The number of benzene rings is 1. The molecule has 2 aliphatic rings. The lowest BCUT2D eigenvalue weighted by Gasteiger charge is -2.15. The molecule has 0 N–H and O–H groups in total. The number of allylic oxidation sites excluding steroid dienone is 8. The van der Waals surface area contributed by atoms with Crippen LogP contribution in [-0.2, 0) is 9.53 Å². The predicted octanol–water partition coefficient (Wildman–Crippen LogP) is 3.86. The molecular weight excluding hydrogens is 288 g/mol. The second-order valence-corrected chi connectivity index (χ2v) is 5.31. The van der Waals surface area contributed by atoms with Gasteiger partial charge in [0.25, 0.3) is 0 Å². The molecule has 0 unspecified atom stereocenters. The summed E-state index contributed by atoms with van der Waals surface area (Å²) >= 11 is 0. The number of esters is 1. The van der Waals surface area contributed by atoms with Crippen LogP contribution in [0.5, 0.6) is 5.75 Å². The van der Waals surface area contributed by atoms with Crippen LogP contribution in [0, 0.1) is 5.92 Å². The fraction of sp³-hybridized carbons (Fsp3) is 0.150. The molecule has 0 amide bonds. The zero-order valence-corrected chi connectivity index (χ0v) is 13.2. The second-order valence-electron chi connectivity index (χ2n) is 5.31. The zero-order valence-electron chi connectivity index (χ0n) is 13.2. The monoisotopic (exact) mass is 306 g/mol. The van der Waals surface area contributed by atoms with E-state index in [1.807, 2.05) is 66.8 Å². The average molecular weight is 306 g/mol. The minimum absolute atomic E-state index is 0.256. The molecule has 0 heterocycles. The Kier molecular flexibility index (Phi) is 4.29. The van der Waals surface area contributed by atoms with Crippen molar-refractivity contribution in [1.82, 2.24) is 0 Å². The summed E-state index contributed by atoms with van der Waals surface area (Å²) < 4.78 is 10.4. The molecule has 1 atom stereocenters. The van der Waals surface area contributed by atoms with Gasteiger partial charge >= 0.3 is 5.97 Å². The van der Waals surface area contributed by atoms with Crippen LogP contribution in [0.15, 0.2) is 77.9 Å². The van der Waals surface area contributed by atoms with E-state index in [1.165, 1.54) is 7.11 Å². The van der Waals surface area contributed by atoms with Crippen LogP contribution >= 0.6 is 0 Å². The lowest BCUT2D eigenvalue weighted by atomic mass is 9.91. The third-order valence-corrected chi connectivity index (χ3v) is 3.99. The molecule has 3 nitrogen and oxygen atoms in total. The molecule has 1 aromatic rings. The van der Waals surface area contributed by atoms with Gasteiger partial charge in [-0.05, 0) is 28.9 Å². The van der Waals surface area contributed by atoms with Gasteiger partial charge in [-0.3, -0.25) is 4.79 Å². The van der Waals surface area contributed by atoms with Crippen molar-refractivity contribution in [3.8, 4) is 5.75 Å². The number of para-hydroxylation sites is 1. The maximum atomic E-state index is 12.2. The van der Waals surface area contributed by atoms with Gasteiger partial charge in [-0.25, -0.2) is 0 Å². The van der Waals surface area contributed by atoms with Crippen molar-refractivity contribution in [3.63, 3.8) is 0 Å². The van der Waals surface area contributed by atoms with Crippen LogP contribution < -0.4 is 4.74 Å². The van der Waals surface area contributed by atoms with Gasteiger partial charge in [-0.2, -0.15) is 0 Å². The quantitative estimate of drug-likeness (QED) is 0.796. The number of carbonyl (C=O) groups is 1. The van der Waals surface area contributed by atoms with Gasteiger partial charge < -0.3 is 9.47 Å². The normalized spacial score (nSPS) is 19.0. The Balaban J connectivity index is 2.14. The molecular formula is C20H18O3. The largest absolute Gasteiger partial charge is 0.496 e. The smallest absolute Gasteiger partial charge is 0.317 e. The van der Waals surface area contributed by atoms with E-state index in [1.54, 1.807) is 7.11 Å². The fourth-order valence-corrected chi connectivity index (χ4v) is 2.86. The Morgan fingerprint density at radius 2 is 1.74 bits per heavy atom. The highest BCUT2D eigenvalue weighted by atomic mass is 16.5. The standard InChI is InChI=1S/C20H18O3/c1-22-18-10-6-5-9-17(18)15-12-11-14-7-3-4-8-16(13-15)19(14)20(21)23-2/h3-13,19H,1-2H3/t19-/m0/s1. The summed E-state index contributed by atoms with van der Waals surface area (Å²) in [5.74, 6) is 0.143. The topological polar surface area (TPSA) is 35.5 Å². The Hall–Kier alpha value is -2.81. The number of rotatable bonds is 3. The van der Waals surface area contributed by atoms with Gasteiger partial charge in [0.15, 0.2) is 0 Å². The molecule has 0 aliphatic heterocycles. The van der Waals surface area contributed by atoms with Crippen LogP contribution in [0.1, 0.15) is 5.56 Å². The van der Waals surface area contributed by atoms with Crippen molar-refractivity contribution in [2.45, 2.75) is 0 Å². The van der Waals surface area contributed by atoms with Crippen LogP contribution in [0.25, 0.3) is 5.57 Å². The van der Waals surface area contributed by atoms with Crippen molar-refractivity contribution in [3.05, 3.63) is 83.5 Å². The average Bonchev–Trinajstić information content (AvgIpc) is 2.91. The van der Waals surface area contributed by atoms with Crippen molar-refractivity contribution in [2.75, 3.05) is 14.2 Å². The molecule has 0 saturated carbocycles. The van der Waals surface area contributed by atoms with Crippen LogP contribution in [0.4, 0.5) is 0 Å². The van der Waals surface area contributed by atoms with E-state index in [2.05, 4.69) is 0 Å². The van der Waals surface area contributed by atoms with E-state index in [9.17, 15) is 4.79 Å². The summed E-state index contributed by atoms with van der Waals surface area (Å²) in [6.45, 7) is 0. The lowest BCUT2D eigenvalue weighted by Crippen LogP contribution is -2.18. The zero-order chi connectivity index (χ0) is 16.2. The number of ether oxygens (including phenoxy) is 2. The summed E-state index contributed by atoms with van der Waals surface area (Å²) in [4.78, 5) is 12.2. The highest BCUT2D eigenvalue weighted by Gasteiger charge is 2.28. The van der Waals surface area contributed by atoms with Gasteiger partial charge in [-0.15, -0.1) is 0 Å². The van der Waals surface area contributed by atoms with E-state index in [0.717, 1.165) is 28.0 Å². The molecule has 0 spiro atoms. The Bertz CT molecular complexity index is 776. The number of carbonyl (C=O) groups excluding carboxylic acids is 1. The first-order valence-electron chi connectivity index (χ1n) is 7.44. The van der Waals surface area contributed by atoms with E-state index in [4.69, 9.17) is 9.47 Å². The molecule has 23 heavy (non-hydrogen) atoms. The van der Waals surface area contributed by atoms with Gasteiger partial charge in [0.05, 0.1) is 14.2 Å². The van der Waals surface area contributed by atoms with E-state index in [-0.39, 0.29) is 5.97 Å². The van der Waals surface area contributed by atoms with Crippen molar-refractivity contribution >= 4 is 11.5 Å². The molecule has 2 bridgehead atoms. The van der Waals surface area contributed by atoms with Crippen molar-refractivity contribution in [2.24, 2.45) is 5.92 Å². The highest BCUT2D eigenvalue weighted by Crippen LogP contribution is 2.35. The molecule has 0 fully saturated rings. The molecule has 2 aliphatic carbocycles. The summed E-state index contributed by atoms with van der Waals surface area (Å²) in [5.41, 5.74) is 3.81. The van der Waals surface area contributed by atoms with Gasteiger partial charge in [0.1, 0.15) is 11.7 Å². The maximum Gasteiger partial charge on any atom is 0.317 e. The second kappa shape index (κ2) is 6.53. The third kappa shape index (κ3) is 2.90. The van der Waals surface area contributed by atoms with Crippen LogP contribution in [0.2, 0.25) is 0 Å². The van der Waals surface area contributed by atoms with Crippen molar-refractivity contribution in [1.29, 1.82) is 0 Å². The van der Waals surface area contributed by atoms with Crippen LogP contribution in [0.3, 0.4) is 0 Å². The Labute approximate surface area is 135 Å². The highest BCUT2D eigenvalue weighted by molar-refractivity contribution is 5.88. The van der Waals surface area contributed by atoms with Gasteiger partial charge in [0.2, 0.25) is 0 Å². The lowest BCUT2D eigenvalue weighted by molar-refractivity contribution is -0.142. The molecule has 116 valence electrons. The molecule has 0 radical (unpaired) electrons. The summed E-state index contributed by atoms with van der Waals surface area (Å²) in [5, 5.41) is 0. The Morgan fingerprint density at radius 1 is 1.00 bits per heavy atom. The fourth-order valence-electron chi connectivity index (χ4n) is 2.86. The summed E-state index contributed by atoms with van der Waals surface area (Å²) in [6.07, 6.45) is 13.8. The molecule has 3 heteroatoms. The first-order chi connectivity index (χ1) is 11.2. The maximum absolute atomic E-state index is 12.2. The molecule has 3 rings (SSSR count). The molecule has 1 aromatic carbocycles. The molecule has 0 aromatic heterocycles. The van der Waals surface area contributed by atoms with E-state index < -0.39 is 5.92 Å². The summed E-state index contributed by atoms with van der Waals surface area (Å²) in [6, 6.07) is 7.85. The Morgan fingerprint density at radius 3 is 2.48 bits per heavy atom. The first kappa shape index (κ1) is 15.1. The molecule has 0 saturated heterocycles. The van der Waals surface area contributed by atoms with Crippen LogP contribution in [-0.4, -0.2) is 20.2 Å². The number of hydrogen-bond donors (Lipinski definition) is 0.